The van der Waals surface area contributed by atoms with Crippen LogP contribution in [0.1, 0.15) is 0 Å². The second-order valence-corrected chi connectivity index (χ2v) is 4.32. The zero-order valence-corrected chi connectivity index (χ0v) is 11.3. The molecule has 0 unspecified atom stereocenters. The van der Waals surface area contributed by atoms with E-state index in [2.05, 4.69) is 15.8 Å². The van der Waals surface area contributed by atoms with Gasteiger partial charge in [-0.15, -0.1) is 0 Å². The highest BCUT2D eigenvalue weighted by molar-refractivity contribution is 5.59. The highest BCUT2D eigenvalue weighted by atomic mass is 16.6. The zero-order valence-electron chi connectivity index (χ0n) is 11.3. The van der Waals surface area contributed by atoms with Crippen molar-refractivity contribution in [3.8, 4) is 0 Å². The van der Waals surface area contributed by atoms with Crippen LogP contribution in [0, 0.1) is 20.2 Å². The summed E-state index contributed by atoms with van der Waals surface area (Å²) in [6.45, 7) is 0. The fourth-order valence-electron chi connectivity index (χ4n) is 1.70. The normalized spacial score (nSPS) is 17.5. The van der Waals surface area contributed by atoms with E-state index in [-0.39, 0.29) is 5.69 Å². The van der Waals surface area contributed by atoms with Gasteiger partial charge < -0.3 is 15.4 Å². The number of benzene rings is 1. The molecule has 1 heterocycles. The van der Waals surface area contributed by atoms with Gasteiger partial charge in [0.1, 0.15) is 0 Å². The molecule has 11 nitrogen and oxygen atoms in total. The Morgan fingerprint density at radius 3 is 2.41 bits per heavy atom. The van der Waals surface area contributed by atoms with E-state index in [1.807, 2.05) is 0 Å². The molecule has 22 heavy (non-hydrogen) atoms. The van der Waals surface area contributed by atoms with Crippen LogP contribution in [0.4, 0.5) is 11.4 Å². The Bertz CT molecular complexity index is 655. The third-order valence-electron chi connectivity index (χ3n) is 2.84. The Kier molecular flexibility index (Phi) is 4.18. The van der Waals surface area contributed by atoms with Crippen LogP contribution in [0.25, 0.3) is 0 Å². The van der Waals surface area contributed by atoms with Gasteiger partial charge in [-0.3, -0.25) is 20.2 Å². The summed E-state index contributed by atoms with van der Waals surface area (Å²) >= 11 is 0. The van der Waals surface area contributed by atoms with Crippen molar-refractivity contribution >= 4 is 17.7 Å². The summed E-state index contributed by atoms with van der Waals surface area (Å²) in [5.41, 5.74) is 5.07. The summed E-state index contributed by atoms with van der Waals surface area (Å²) in [5.74, 6) is -0.525. The van der Waals surface area contributed by atoms with Crippen LogP contribution in [0.2, 0.25) is 0 Å². The third-order valence-corrected chi connectivity index (χ3v) is 2.84. The molecule has 0 aromatic heterocycles. The molecule has 116 valence electrons. The molecular formula is C11H12N6O5. The van der Waals surface area contributed by atoms with Crippen molar-refractivity contribution in [1.82, 2.24) is 10.3 Å². The van der Waals surface area contributed by atoms with Crippen LogP contribution in [0.15, 0.2) is 40.8 Å². The fourth-order valence-corrected chi connectivity index (χ4v) is 1.70. The SMILES string of the molecule is CN1C=N[C@H](NNc2ccc([N+](=O)[O-])cc2)C([N+](=O)[O-])=C1O. The number of nitrogens with zero attached hydrogens (tertiary/aromatic N) is 4. The van der Waals surface area contributed by atoms with Gasteiger partial charge in [0.25, 0.3) is 11.6 Å². The summed E-state index contributed by atoms with van der Waals surface area (Å²) in [5, 5.41) is 31.2. The van der Waals surface area contributed by atoms with Crippen LogP contribution in [0.5, 0.6) is 0 Å². The number of hydrogen-bond donors (Lipinski definition) is 3. The highest BCUT2D eigenvalue weighted by Crippen LogP contribution is 2.18. The van der Waals surface area contributed by atoms with E-state index < -0.39 is 27.6 Å². The molecule has 1 aliphatic rings. The first-order chi connectivity index (χ1) is 10.4. The van der Waals surface area contributed by atoms with Gasteiger partial charge in [-0.25, -0.2) is 10.4 Å². The van der Waals surface area contributed by atoms with Crippen LogP contribution in [0.3, 0.4) is 0 Å². The molecule has 0 spiro atoms. The molecule has 0 saturated heterocycles. The number of anilines is 1. The molecule has 0 aliphatic carbocycles. The minimum absolute atomic E-state index is 0.0774. The first kappa shape index (κ1) is 15.2. The number of non-ortho nitro benzene ring substituents is 1. The van der Waals surface area contributed by atoms with E-state index in [1.165, 1.54) is 37.7 Å². The van der Waals surface area contributed by atoms with Gasteiger partial charge in [0.05, 0.1) is 16.2 Å². The average molecular weight is 308 g/mol. The van der Waals surface area contributed by atoms with E-state index in [4.69, 9.17) is 0 Å². The highest BCUT2D eigenvalue weighted by Gasteiger charge is 2.33. The molecule has 2 rings (SSSR count). The van der Waals surface area contributed by atoms with E-state index in [0.717, 1.165) is 4.90 Å². The minimum atomic E-state index is -1.11. The summed E-state index contributed by atoms with van der Waals surface area (Å²) in [7, 11) is 1.42. The monoisotopic (exact) mass is 308 g/mol. The van der Waals surface area contributed by atoms with E-state index in [0.29, 0.717) is 5.69 Å². The minimum Gasteiger partial charge on any atom is -0.490 e. The van der Waals surface area contributed by atoms with Gasteiger partial charge in [-0.05, 0) is 12.1 Å². The number of hydrogen-bond acceptors (Lipinski definition) is 9. The summed E-state index contributed by atoms with van der Waals surface area (Å²) in [4.78, 5) is 25.3. The summed E-state index contributed by atoms with van der Waals surface area (Å²) in [6.07, 6.45) is 0.124. The number of aliphatic hydroxyl groups excluding tert-OH is 1. The zero-order chi connectivity index (χ0) is 16.3. The van der Waals surface area contributed by atoms with Crippen molar-refractivity contribution in [2.24, 2.45) is 4.99 Å². The Balaban J connectivity index is 2.08. The number of nitro groups is 2. The molecule has 0 fully saturated rings. The van der Waals surface area contributed by atoms with E-state index in [1.54, 1.807) is 0 Å². The van der Waals surface area contributed by atoms with Gasteiger partial charge in [0.15, 0.2) is 0 Å². The number of hydrazine groups is 1. The molecule has 0 amide bonds. The lowest BCUT2D eigenvalue weighted by Crippen LogP contribution is -2.41. The van der Waals surface area contributed by atoms with Gasteiger partial charge in [0, 0.05) is 24.9 Å². The first-order valence-electron chi connectivity index (χ1n) is 6.00. The molecule has 11 heteroatoms. The average Bonchev–Trinajstić information content (AvgIpc) is 2.48. The summed E-state index contributed by atoms with van der Waals surface area (Å²) < 4.78 is 0. The Labute approximate surface area is 123 Å². The molecule has 0 saturated carbocycles. The first-order valence-corrected chi connectivity index (χ1v) is 6.00. The number of aliphatic imine (C=N–C) groups is 1. The number of nitro benzene ring substituents is 1. The molecule has 1 aliphatic heterocycles. The van der Waals surface area contributed by atoms with Crippen molar-refractivity contribution in [3.05, 3.63) is 56.1 Å². The summed E-state index contributed by atoms with van der Waals surface area (Å²) in [6, 6.07) is 5.42. The Morgan fingerprint density at radius 1 is 1.23 bits per heavy atom. The smallest absolute Gasteiger partial charge is 0.345 e. The maximum absolute atomic E-state index is 11.0. The Hall–Kier alpha value is -3.21. The topological polar surface area (TPSA) is 146 Å². The van der Waals surface area contributed by atoms with Crippen LogP contribution in [-0.4, -0.2) is 39.4 Å². The van der Waals surface area contributed by atoms with Crippen LogP contribution >= 0.6 is 0 Å². The number of aliphatic hydroxyl groups is 1. The predicted molar refractivity (Wildman–Crippen MR) is 76.5 cm³/mol. The van der Waals surface area contributed by atoms with Gasteiger partial charge in [-0.2, -0.15) is 0 Å². The predicted octanol–water partition coefficient (Wildman–Crippen LogP) is 0.815. The lowest BCUT2D eigenvalue weighted by molar-refractivity contribution is -0.434. The quantitative estimate of drug-likeness (QED) is 0.535. The number of rotatable bonds is 5. The molecular weight excluding hydrogens is 296 g/mol. The van der Waals surface area contributed by atoms with Crippen molar-refractivity contribution in [3.63, 3.8) is 0 Å². The van der Waals surface area contributed by atoms with Gasteiger partial charge in [0.2, 0.25) is 6.17 Å². The molecule has 1 aromatic carbocycles. The maximum Gasteiger partial charge on any atom is 0.345 e. The van der Waals surface area contributed by atoms with Crippen molar-refractivity contribution in [2.75, 3.05) is 12.5 Å². The van der Waals surface area contributed by atoms with Gasteiger partial charge in [-0.1, -0.05) is 0 Å². The van der Waals surface area contributed by atoms with Crippen molar-refractivity contribution in [1.29, 1.82) is 0 Å². The van der Waals surface area contributed by atoms with Crippen LogP contribution in [-0.2, 0) is 0 Å². The van der Waals surface area contributed by atoms with E-state index >= 15 is 0 Å². The van der Waals surface area contributed by atoms with Gasteiger partial charge >= 0.3 is 5.70 Å². The lowest BCUT2D eigenvalue weighted by Gasteiger charge is -2.22. The Morgan fingerprint density at radius 2 is 1.86 bits per heavy atom. The second kappa shape index (κ2) is 6.05. The molecule has 1 aromatic rings. The molecule has 0 bridgehead atoms. The second-order valence-electron chi connectivity index (χ2n) is 4.32. The largest absolute Gasteiger partial charge is 0.490 e. The van der Waals surface area contributed by atoms with E-state index in [9.17, 15) is 25.3 Å². The molecule has 0 radical (unpaired) electrons. The van der Waals surface area contributed by atoms with Crippen molar-refractivity contribution < 1.29 is 15.0 Å². The maximum atomic E-state index is 11.0. The molecule has 3 N–H and O–H groups in total. The standard InChI is InChI=1S/C11H12N6O5/c1-15-6-12-10(9(11(15)18)17(21)22)14-13-7-2-4-8(5-3-7)16(19)20/h2-6,10,13-14,18H,1H3/t10-/m1/s1. The number of nitrogens with one attached hydrogen (secondary N) is 2. The fraction of sp³-hybridized carbons (Fsp3) is 0.182. The third kappa shape index (κ3) is 3.09. The lowest BCUT2D eigenvalue weighted by atomic mass is 10.3. The molecule has 1 atom stereocenters. The van der Waals surface area contributed by atoms with Crippen LogP contribution < -0.4 is 10.9 Å². The van der Waals surface area contributed by atoms with Crippen molar-refractivity contribution in [2.45, 2.75) is 6.17 Å².